The minimum atomic E-state index is -0.548. The van der Waals surface area contributed by atoms with Gasteiger partial charge in [0.15, 0.2) is 0 Å². The van der Waals surface area contributed by atoms with Crippen molar-refractivity contribution in [2.75, 3.05) is 0 Å². The number of aryl methyl sites for hydroxylation is 1. The summed E-state index contributed by atoms with van der Waals surface area (Å²) in [5.74, 6) is -0.713. The summed E-state index contributed by atoms with van der Waals surface area (Å²) in [6, 6.07) is 9.24. The molecule has 1 aromatic heterocycles. The lowest BCUT2D eigenvalue weighted by Gasteiger charge is -2.19. The van der Waals surface area contributed by atoms with Gasteiger partial charge in [-0.2, -0.15) is 0 Å². The number of aromatic nitrogens is 1. The van der Waals surface area contributed by atoms with Gasteiger partial charge in [-0.05, 0) is 38.2 Å². The molecule has 0 unspecified atom stereocenters. The predicted molar refractivity (Wildman–Crippen MR) is 87.7 cm³/mol. The van der Waals surface area contributed by atoms with Crippen LogP contribution in [0, 0.1) is 0 Å². The van der Waals surface area contributed by atoms with Crippen LogP contribution >= 0.6 is 0 Å². The number of H-pyrrole nitrogens is 1. The fourth-order valence-corrected chi connectivity index (χ4v) is 3.07. The van der Waals surface area contributed by atoms with Crippen molar-refractivity contribution in [1.82, 2.24) is 10.3 Å². The molecule has 120 valence electrons. The lowest BCUT2D eigenvalue weighted by molar-refractivity contribution is 0.0935. The van der Waals surface area contributed by atoms with E-state index in [1.54, 1.807) is 0 Å². The van der Waals surface area contributed by atoms with Crippen LogP contribution in [0.1, 0.15) is 53.0 Å². The maximum Gasteiger partial charge on any atom is 0.264 e. The summed E-state index contributed by atoms with van der Waals surface area (Å²) >= 11 is 0. The van der Waals surface area contributed by atoms with Gasteiger partial charge in [0.25, 0.3) is 11.5 Å². The van der Waals surface area contributed by atoms with E-state index in [4.69, 9.17) is 0 Å². The Hall–Kier alpha value is -2.56. The van der Waals surface area contributed by atoms with Crippen molar-refractivity contribution in [2.45, 2.75) is 38.6 Å². The zero-order valence-corrected chi connectivity index (χ0v) is 13.1. The lowest BCUT2D eigenvalue weighted by atomic mass is 9.93. The monoisotopic (exact) mass is 312 g/mol. The SMILES string of the molecule is C[C@H](NC(=O)c1c(O)c2c([nH]c1=O)CCCC2)c1ccccc1. The Labute approximate surface area is 134 Å². The second-order valence-electron chi connectivity index (χ2n) is 5.95. The molecule has 1 aromatic carbocycles. The van der Waals surface area contributed by atoms with Crippen molar-refractivity contribution < 1.29 is 9.90 Å². The van der Waals surface area contributed by atoms with Gasteiger partial charge in [-0.15, -0.1) is 0 Å². The van der Waals surface area contributed by atoms with Gasteiger partial charge in [-0.3, -0.25) is 9.59 Å². The quantitative estimate of drug-likeness (QED) is 0.814. The van der Waals surface area contributed by atoms with Crippen molar-refractivity contribution in [3.8, 4) is 5.75 Å². The molecule has 0 bridgehead atoms. The van der Waals surface area contributed by atoms with Gasteiger partial charge in [0.1, 0.15) is 11.3 Å². The van der Waals surface area contributed by atoms with Crippen molar-refractivity contribution in [3.05, 3.63) is 63.1 Å². The lowest BCUT2D eigenvalue weighted by Crippen LogP contribution is -2.33. The molecule has 23 heavy (non-hydrogen) atoms. The zero-order valence-electron chi connectivity index (χ0n) is 13.1. The first-order chi connectivity index (χ1) is 11.1. The Morgan fingerprint density at radius 1 is 1.22 bits per heavy atom. The molecule has 5 nitrogen and oxygen atoms in total. The average molecular weight is 312 g/mol. The number of hydrogen-bond donors (Lipinski definition) is 3. The number of hydrogen-bond acceptors (Lipinski definition) is 3. The number of carbonyl (C=O) groups is 1. The van der Waals surface area contributed by atoms with Gasteiger partial charge in [-0.25, -0.2) is 0 Å². The number of pyridine rings is 1. The molecule has 1 heterocycles. The molecule has 1 aliphatic carbocycles. The van der Waals surface area contributed by atoms with Crippen LogP contribution in [0.5, 0.6) is 5.75 Å². The van der Waals surface area contributed by atoms with Gasteiger partial charge in [0.05, 0.1) is 6.04 Å². The first-order valence-electron chi connectivity index (χ1n) is 7.90. The molecule has 1 amide bonds. The van der Waals surface area contributed by atoms with Crippen molar-refractivity contribution in [1.29, 1.82) is 0 Å². The van der Waals surface area contributed by atoms with Crippen LogP contribution in [0.25, 0.3) is 0 Å². The molecular formula is C18H20N2O3. The van der Waals surface area contributed by atoms with Crippen molar-refractivity contribution in [3.63, 3.8) is 0 Å². The minimum absolute atomic E-state index is 0.166. The molecule has 1 aliphatic rings. The van der Waals surface area contributed by atoms with Gasteiger partial charge in [0, 0.05) is 11.3 Å². The molecule has 0 saturated heterocycles. The first kappa shape index (κ1) is 15.3. The third kappa shape index (κ3) is 2.99. The summed E-state index contributed by atoms with van der Waals surface area (Å²) in [7, 11) is 0. The number of rotatable bonds is 3. The Bertz CT molecular complexity index is 781. The Morgan fingerprint density at radius 3 is 2.65 bits per heavy atom. The number of aromatic hydroxyl groups is 1. The third-order valence-corrected chi connectivity index (χ3v) is 4.36. The molecule has 3 N–H and O–H groups in total. The van der Waals surface area contributed by atoms with Gasteiger partial charge >= 0.3 is 0 Å². The first-order valence-corrected chi connectivity index (χ1v) is 7.90. The topological polar surface area (TPSA) is 82.2 Å². The molecular weight excluding hydrogens is 292 g/mol. The van der Waals surface area contributed by atoms with Crippen molar-refractivity contribution >= 4 is 5.91 Å². The molecule has 2 aromatic rings. The largest absolute Gasteiger partial charge is 0.507 e. The summed E-state index contributed by atoms with van der Waals surface area (Å²) in [4.78, 5) is 27.4. The second-order valence-corrected chi connectivity index (χ2v) is 5.95. The van der Waals surface area contributed by atoms with Crippen LogP contribution in [0.15, 0.2) is 35.1 Å². The van der Waals surface area contributed by atoms with E-state index >= 15 is 0 Å². The Morgan fingerprint density at radius 2 is 1.91 bits per heavy atom. The molecule has 1 atom stereocenters. The zero-order chi connectivity index (χ0) is 16.4. The highest BCUT2D eigenvalue weighted by Crippen LogP contribution is 2.28. The molecule has 0 fully saturated rings. The standard InChI is InChI=1S/C18H20N2O3/c1-11(12-7-3-2-4-8-12)19-17(22)15-16(21)13-9-5-6-10-14(13)20-18(15)23/h2-4,7-8,11H,5-6,9-10H2,1H3,(H,19,22)(H2,20,21,23)/t11-/m0/s1. The van der Waals surface area contributed by atoms with Gasteiger partial charge in [-0.1, -0.05) is 30.3 Å². The normalized spacial score (nSPS) is 14.8. The fourth-order valence-electron chi connectivity index (χ4n) is 3.07. The van der Waals surface area contributed by atoms with E-state index in [0.29, 0.717) is 12.0 Å². The smallest absolute Gasteiger partial charge is 0.264 e. The van der Waals surface area contributed by atoms with E-state index in [1.807, 2.05) is 37.3 Å². The summed E-state index contributed by atoms with van der Waals surface area (Å²) in [6.45, 7) is 1.84. The predicted octanol–water partition coefficient (Wildman–Crippen LogP) is 2.45. The van der Waals surface area contributed by atoms with E-state index in [0.717, 1.165) is 30.5 Å². The summed E-state index contributed by atoms with van der Waals surface area (Å²) < 4.78 is 0. The van der Waals surface area contributed by atoms with Crippen LogP contribution in [0.2, 0.25) is 0 Å². The summed E-state index contributed by atoms with van der Waals surface area (Å²) in [5, 5.41) is 13.2. The number of carbonyl (C=O) groups excluding carboxylic acids is 1. The number of amides is 1. The van der Waals surface area contributed by atoms with Crippen LogP contribution in [0.4, 0.5) is 0 Å². The number of aromatic amines is 1. The minimum Gasteiger partial charge on any atom is -0.507 e. The van der Waals surface area contributed by atoms with Crippen LogP contribution < -0.4 is 10.9 Å². The van der Waals surface area contributed by atoms with Crippen LogP contribution in [-0.4, -0.2) is 16.0 Å². The van der Waals surface area contributed by atoms with Gasteiger partial charge < -0.3 is 15.4 Å². The van der Waals surface area contributed by atoms with Gasteiger partial charge in [0.2, 0.25) is 0 Å². The molecule has 3 rings (SSSR count). The van der Waals surface area contributed by atoms with E-state index in [-0.39, 0.29) is 17.4 Å². The van der Waals surface area contributed by atoms with E-state index < -0.39 is 11.5 Å². The average Bonchev–Trinajstić information content (AvgIpc) is 2.55. The number of fused-ring (bicyclic) bond motifs is 1. The van der Waals surface area contributed by atoms with E-state index in [2.05, 4.69) is 10.3 Å². The number of benzene rings is 1. The Balaban J connectivity index is 1.89. The maximum absolute atomic E-state index is 12.5. The molecule has 0 aliphatic heterocycles. The van der Waals surface area contributed by atoms with Crippen LogP contribution in [0.3, 0.4) is 0 Å². The van der Waals surface area contributed by atoms with Crippen LogP contribution in [-0.2, 0) is 12.8 Å². The third-order valence-electron chi connectivity index (χ3n) is 4.36. The highest BCUT2D eigenvalue weighted by molar-refractivity contribution is 5.97. The second kappa shape index (κ2) is 6.28. The maximum atomic E-state index is 12.5. The molecule has 0 saturated carbocycles. The fraction of sp³-hybridized carbons (Fsp3) is 0.333. The highest BCUT2D eigenvalue weighted by atomic mass is 16.3. The highest BCUT2D eigenvalue weighted by Gasteiger charge is 2.24. The molecule has 0 radical (unpaired) electrons. The summed E-state index contributed by atoms with van der Waals surface area (Å²) in [5.41, 5.74) is 1.68. The summed E-state index contributed by atoms with van der Waals surface area (Å²) in [6.07, 6.45) is 3.36. The Kier molecular flexibility index (Phi) is 4.19. The van der Waals surface area contributed by atoms with E-state index in [1.165, 1.54) is 0 Å². The molecule has 5 heteroatoms. The van der Waals surface area contributed by atoms with Crippen molar-refractivity contribution in [2.24, 2.45) is 0 Å². The number of nitrogens with one attached hydrogen (secondary N) is 2. The van der Waals surface area contributed by atoms with E-state index in [9.17, 15) is 14.7 Å². The molecule has 0 spiro atoms.